The molecule has 0 aromatic heterocycles. The molecule has 0 saturated carbocycles. The van der Waals surface area contributed by atoms with Gasteiger partial charge in [-0.3, -0.25) is 9.69 Å². The number of fused-ring (bicyclic) bond motifs is 2. The zero-order chi connectivity index (χ0) is 17.5. The third kappa shape index (κ3) is 2.87. The van der Waals surface area contributed by atoms with E-state index in [4.69, 9.17) is 0 Å². The van der Waals surface area contributed by atoms with Crippen molar-refractivity contribution in [2.45, 2.75) is 16.0 Å². The number of alkyl halides is 3. The van der Waals surface area contributed by atoms with Gasteiger partial charge in [0.1, 0.15) is 0 Å². The summed E-state index contributed by atoms with van der Waals surface area (Å²) in [4.78, 5) is 26.0. The Hall–Kier alpha value is -2.05. The number of carbonyl (C=O) groups excluding carboxylic acids is 2. The van der Waals surface area contributed by atoms with Gasteiger partial charge in [-0.2, -0.15) is 13.2 Å². The van der Waals surface area contributed by atoms with Gasteiger partial charge in [-0.1, -0.05) is 23.9 Å². The number of amides is 1. The monoisotopic (exact) mass is 371 g/mol. The van der Waals surface area contributed by atoms with Gasteiger partial charge in [-0.05, 0) is 30.3 Å². The molecule has 1 amide bonds. The number of hydrogen-bond donors (Lipinski definition) is 0. The van der Waals surface area contributed by atoms with Crippen LogP contribution >= 0.6 is 21.2 Å². The fourth-order valence-electron chi connectivity index (χ4n) is 2.29. The highest BCUT2D eigenvalue weighted by atomic mass is 32.2. The largest absolute Gasteiger partial charge is 0.444 e. The number of hydrogen-bond acceptors (Lipinski definition) is 4. The molecule has 1 unspecified atom stereocenters. The Morgan fingerprint density at radius 2 is 1.71 bits per heavy atom. The van der Waals surface area contributed by atoms with Crippen LogP contribution in [0.1, 0.15) is 5.56 Å². The molecule has 9 heteroatoms. The van der Waals surface area contributed by atoms with Crippen LogP contribution in [-0.2, 0) is 20.3 Å². The molecule has 0 N–H and O–H groups in total. The number of anilines is 2. The van der Waals surface area contributed by atoms with E-state index in [0.29, 0.717) is 15.5 Å². The lowest BCUT2D eigenvalue weighted by molar-refractivity contribution is -0.145. The fourth-order valence-corrected chi connectivity index (χ4v) is 3.43. The van der Waals surface area contributed by atoms with Crippen LogP contribution < -0.4 is 4.90 Å². The number of halogens is 3. The van der Waals surface area contributed by atoms with Crippen molar-refractivity contribution in [2.24, 2.45) is 0 Å². The Morgan fingerprint density at radius 1 is 1.04 bits per heavy atom. The second-order valence-electron chi connectivity index (χ2n) is 4.80. The first-order valence-electron chi connectivity index (χ1n) is 6.56. The second kappa shape index (κ2) is 6.11. The van der Waals surface area contributed by atoms with Crippen LogP contribution in [0.4, 0.5) is 24.5 Å². The topological polar surface area (TPSA) is 46.6 Å². The van der Waals surface area contributed by atoms with Gasteiger partial charge in [0.05, 0.1) is 26.4 Å². The van der Waals surface area contributed by atoms with E-state index in [9.17, 15) is 22.8 Å². The van der Waals surface area contributed by atoms with Crippen molar-refractivity contribution in [1.82, 2.24) is 0 Å². The molecule has 1 heterocycles. The van der Waals surface area contributed by atoms with Crippen LogP contribution in [0.5, 0.6) is 0 Å². The number of carbonyl (C=O) groups is 2. The minimum atomic E-state index is -4.56. The normalized spacial score (nSPS) is 13.1. The summed E-state index contributed by atoms with van der Waals surface area (Å²) in [6.45, 7) is 0. The van der Waals surface area contributed by atoms with Crippen LogP contribution in [0.2, 0.25) is 0 Å². The zero-order valence-corrected chi connectivity index (χ0v) is 13.8. The molecule has 0 saturated heterocycles. The second-order valence-corrected chi connectivity index (χ2v) is 6.12. The summed E-state index contributed by atoms with van der Waals surface area (Å²) in [7, 11) is 1.66. The van der Waals surface area contributed by atoms with Crippen molar-refractivity contribution < 1.29 is 27.3 Å². The molecule has 2 aromatic carbocycles. The number of benzene rings is 2. The number of rotatable bonds is 0. The Bertz CT molecular complexity index is 841. The van der Waals surface area contributed by atoms with Gasteiger partial charge in [0, 0.05) is 9.79 Å². The molecule has 1 atom stereocenters. The molecule has 4 nitrogen and oxygen atoms in total. The number of nitrogens with zero attached hydrogens (tertiary/aromatic N) is 1. The molecule has 1 aliphatic rings. The first-order chi connectivity index (χ1) is 11.3. The number of para-hydroxylation sites is 1. The maximum absolute atomic E-state index is 13.0. The van der Waals surface area contributed by atoms with E-state index >= 15 is 0 Å². The molecule has 0 radical (unpaired) electrons. The third-order valence-electron chi connectivity index (χ3n) is 3.34. The summed E-state index contributed by atoms with van der Waals surface area (Å²) >= 11 is 1.22. The predicted octanol–water partition coefficient (Wildman–Crippen LogP) is 4.17. The Kier molecular flexibility index (Phi) is 4.27. The van der Waals surface area contributed by atoms with Crippen molar-refractivity contribution in [3.05, 3.63) is 48.0 Å². The van der Waals surface area contributed by atoms with Gasteiger partial charge in [0.2, 0.25) is 0 Å². The van der Waals surface area contributed by atoms with Crippen molar-refractivity contribution in [2.75, 3.05) is 4.90 Å². The van der Waals surface area contributed by atoms with Gasteiger partial charge in [0.15, 0.2) is 0 Å². The molecule has 2 aromatic rings. The minimum absolute atomic E-state index is 0.00562. The van der Waals surface area contributed by atoms with E-state index in [1.54, 1.807) is 33.7 Å². The van der Waals surface area contributed by atoms with Gasteiger partial charge < -0.3 is 4.52 Å². The Labute approximate surface area is 141 Å². The van der Waals surface area contributed by atoms with E-state index in [2.05, 4.69) is 4.52 Å². The Balaban J connectivity index is 2.20. The molecule has 0 fully saturated rings. The first-order valence-corrected chi connectivity index (χ1v) is 7.85. The molecule has 0 bridgehead atoms. The van der Waals surface area contributed by atoms with Crippen molar-refractivity contribution in [1.29, 1.82) is 0 Å². The van der Waals surface area contributed by atoms with Crippen LogP contribution in [0.3, 0.4) is 0 Å². The maximum atomic E-state index is 13.0. The van der Waals surface area contributed by atoms with E-state index in [1.807, 2.05) is 0 Å². The van der Waals surface area contributed by atoms with Crippen LogP contribution in [0.25, 0.3) is 0 Å². The van der Waals surface area contributed by atoms with Gasteiger partial charge in [-0.15, -0.1) is 0 Å². The quantitative estimate of drug-likeness (QED) is 0.515. The average molecular weight is 371 g/mol. The molecule has 0 aliphatic carbocycles. The molecular weight excluding hydrogens is 362 g/mol. The standard InChI is InChI=1S/C15H9F3NO3PS/c16-15(17,18)8-5-6-12-10(7-8)19(13(20)14(21)22-23)9-3-1-2-4-11(9)24-12/h1-7H,23H2. The summed E-state index contributed by atoms with van der Waals surface area (Å²) in [6.07, 6.45) is -4.56. The zero-order valence-electron chi connectivity index (χ0n) is 11.8. The van der Waals surface area contributed by atoms with Crippen molar-refractivity contribution >= 4 is 44.5 Å². The van der Waals surface area contributed by atoms with Gasteiger partial charge in [0.25, 0.3) is 0 Å². The highest BCUT2D eigenvalue weighted by Crippen LogP contribution is 2.49. The van der Waals surface area contributed by atoms with Gasteiger partial charge in [-0.25, -0.2) is 4.79 Å². The van der Waals surface area contributed by atoms with Crippen molar-refractivity contribution in [3.8, 4) is 0 Å². The SMILES string of the molecule is O=C(OP)C(=O)N1c2ccccc2Sc2ccc(C(F)(F)F)cc21. The first kappa shape index (κ1) is 16.8. The molecule has 0 spiro atoms. The fraction of sp³-hybridized carbons (Fsp3) is 0.0667. The molecule has 24 heavy (non-hydrogen) atoms. The highest BCUT2D eigenvalue weighted by Gasteiger charge is 2.36. The summed E-state index contributed by atoms with van der Waals surface area (Å²) in [6, 6.07) is 9.71. The summed E-state index contributed by atoms with van der Waals surface area (Å²) < 4.78 is 43.4. The average Bonchev–Trinajstić information content (AvgIpc) is 2.57. The van der Waals surface area contributed by atoms with E-state index < -0.39 is 23.6 Å². The Morgan fingerprint density at radius 3 is 2.38 bits per heavy atom. The van der Waals surface area contributed by atoms with Crippen molar-refractivity contribution in [3.63, 3.8) is 0 Å². The minimum Gasteiger partial charge on any atom is -0.444 e. The smallest absolute Gasteiger partial charge is 0.416 e. The molecular formula is C15H9F3NO3PS. The predicted molar refractivity (Wildman–Crippen MR) is 85.0 cm³/mol. The molecule has 1 aliphatic heterocycles. The van der Waals surface area contributed by atoms with E-state index in [0.717, 1.165) is 17.0 Å². The van der Waals surface area contributed by atoms with E-state index in [-0.39, 0.29) is 5.69 Å². The van der Waals surface area contributed by atoms with Crippen LogP contribution in [0.15, 0.2) is 52.3 Å². The third-order valence-corrected chi connectivity index (χ3v) is 4.68. The summed E-state index contributed by atoms with van der Waals surface area (Å²) in [5, 5.41) is 0. The maximum Gasteiger partial charge on any atom is 0.416 e. The lowest BCUT2D eigenvalue weighted by atomic mass is 10.1. The van der Waals surface area contributed by atoms with Crippen LogP contribution in [0, 0.1) is 0 Å². The van der Waals surface area contributed by atoms with E-state index in [1.165, 1.54) is 17.8 Å². The highest BCUT2D eigenvalue weighted by molar-refractivity contribution is 7.99. The van der Waals surface area contributed by atoms with Crippen LogP contribution in [-0.4, -0.2) is 11.9 Å². The summed E-state index contributed by atoms with van der Waals surface area (Å²) in [5.74, 6) is -2.26. The summed E-state index contributed by atoms with van der Waals surface area (Å²) in [5.41, 5.74) is -0.582. The molecule has 3 rings (SSSR count). The molecule has 124 valence electrons. The lowest BCUT2D eigenvalue weighted by Crippen LogP contribution is -2.34. The van der Waals surface area contributed by atoms with Gasteiger partial charge >= 0.3 is 18.1 Å². The lowest BCUT2D eigenvalue weighted by Gasteiger charge is -2.30.